The van der Waals surface area contributed by atoms with Crippen molar-refractivity contribution in [3.8, 4) is 0 Å². The zero-order valence-corrected chi connectivity index (χ0v) is 7.84. The molecule has 0 rings (SSSR count). The maximum Gasteiger partial charge on any atom is 0.132 e. The monoisotopic (exact) mass is 173 g/mol. The molecule has 12 heavy (non-hydrogen) atoms. The van der Waals surface area contributed by atoms with E-state index in [0.29, 0.717) is 13.0 Å². The lowest BCUT2D eigenvalue weighted by Gasteiger charge is -2.01. The van der Waals surface area contributed by atoms with Gasteiger partial charge in [-0.3, -0.25) is 4.79 Å². The lowest BCUT2D eigenvalue weighted by molar-refractivity contribution is -0.118. The topological polar surface area (TPSA) is 52.3 Å². The third-order valence-electron chi connectivity index (χ3n) is 1.59. The molecule has 0 radical (unpaired) electrons. The Hall–Kier alpha value is -0.410. The maximum absolute atomic E-state index is 10.5. The van der Waals surface area contributed by atoms with Crippen LogP contribution >= 0.6 is 0 Å². The Morgan fingerprint density at radius 3 is 2.58 bits per heavy atom. The zero-order chi connectivity index (χ0) is 9.23. The van der Waals surface area contributed by atoms with Gasteiger partial charge in [-0.15, -0.1) is 0 Å². The molecule has 0 unspecified atom stereocenters. The second kappa shape index (κ2) is 8.68. The minimum atomic E-state index is 0.192. The second-order valence-corrected chi connectivity index (χ2v) is 2.91. The van der Waals surface area contributed by atoms with Crippen molar-refractivity contribution in [3.05, 3.63) is 0 Å². The number of hydrogen-bond donors (Lipinski definition) is 1. The molecule has 0 atom stereocenters. The van der Waals surface area contributed by atoms with Gasteiger partial charge in [-0.2, -0.15) is 0 Å². The Balaban J connectivity index is 2.86. The Kier molecular flexibility index (Phi) is 8.39. The van der Waals surface area contributed by atoms with Crippen LogP contribution in [0.4, 0.5) is 0 Å². The third kappa shape index (κ3) is 9.59. The Morgan fingerprint density at radius 2 is 2.00 bits per heavy atom. The normalized spacial score (nSPS) is 10.2. The summed E-state index contributed by atoms with van der Waals surface area (Å²) in [4.78, 5) is 10.5. The number of rotatable bonds is 8. The molecule has 0 heterocycles. The number of hydrogen-bond acceptors (Lipinski definition) is 3. The number of carbonyl (C=O) groups is 1. The lowest BCUT2D eigenvalue weighted by atomic mass is 10.2. The van der Waals surface area contributed by atoms with Gasteiger partial charge in [-0.05, 0) is 32.7 Å². The van der Waals surface area contributed by atoms with Gasteiger partial charge in [0.15, 0.2) is 0 Å². The quantitative estimate of drug-likeness (QED) is 0.559. The van der Waals surface area contributed by atoms with Gasteiger partial charge in [-0.1, -0.05) is 0 Å². The summed E-state index contributed by atoms with van der Waals surface area (Å²) >= 11 is 0. The highest BCUT2D eigenvalue weighted by Gasteiger charge is 1.93. The van der Waals surface area contributed by atoms with Crippen LogP contribution in [0.25, 0.3) is 0 Å². The van der Waals surface area contributed by atoms with Crippen molar-refractivity contribution in [2.24, 2.45) is 5.73 Å². The summed E-state index contributed by atoms with van der Waals surface area (Å²) < 4.78 is 5.23. The van der Waals surface area contributed by atoms with E-state index in [1.54, 1.807) is 6.92 Å². The molecule has 3 heteroatoms. The molecule has 0 amide bonds. The molecule has 0 bridgehead atoms. The summed E-state index contributed by atoms with van der Waals surface area (Å²) in [5.41, 5.74) is 5.32. The van der Waals surface area contributed by atoms with Crippen LogP contribution in [0.3, 0.4) is 0 Å². The van der Waals surface area contributed by atoms with Crippen molar-refractivity contribution in [2.45, 2.75) is 32.6 Å². The highest BCUT2D eigenvalue weighted by atomic mass is 16.5. The van der Waals surface area contributed by atoms with Gasteiger partial charge in [0, 0.05) is 13.0 Å². The standard InChI is InChI=1S/C9H19NO2/c1-9(11)5-8-12-7-4-2-3-6-10/h2-8,10H2,1H3. The Morgan fingerprint density at radius 1 is 1.25 bits per heavy atom. The summed E-state index contributed by atoms with van der Waals surface area (Å²) in [6, 6.07) is 0. The first kappa shape index (κ1) is 11.6. The maximum atomic E-state index is 10.5. The van der Waals surface area contributed by atoms with Crippen molar-refractivity contribution in [1.29, 1.82) is 0 Å². The van der Waals surface area contributed by atoms with Gasteiger partial charge in [-0.25, -0.2) is 0 Å². The first-order chi connectivity index (χ1) is 5.77. The molecular formula is C9H19NO2. The largest absolute Gasteiger partial charge is 0.381 e. The molecule has 2 N–H and O–H groups in total. The number of ether oxygens (including phenoxy) is 1. The summed E-state index contributed by atoms with van der Waals surface area (Å²) in [5.74, 6) is 0.192. The van der Waals surface area contributed by atoms with E-state index in [0.717, 1.165) is 32.4 Å². The predicted molar refractivity (Wildman–Crippen MR) is 49.0 cm³/mol. The van der Waals surface area contributed by atoms with Crippen LogP contribution < -0.4 is 5.73 Å². The van der Waals surface area contributed by atoms with Crippen molar-refractivity contribution in [3.63, 3.8) is 0 Å². The molecule has 0 spiro atoms. The van der Waals surface area contributed by atoms with Crippen LogP contribution in [-0.2, 0) is 9.53 Å². The Bertz CT molecular complexity index is 115. The molecule has 0 aromatic heterocycles. The molecule has 0 fully saturated rings. The van der Waals surface area contributed by atoms with Crippen LogP contribution in [0.5, 0.6) is 0 Å². The molecule has 0 aliphatic heterocycles. The minimum Gasteiger partial charge on any atom is -0.381 e. The Labute approximate surface area is 74.3 Å². The molecule has 0 aliphatic rings. The van der Waals surface area contributed by atoms with E-state index in [1.807, 2.05) is 0 Å². The van der Waals surface area contributed by atoms with Crippen molar-refractivity contribution in [1.82, 2.24) is 0 Å². The number of Topliss-reactive ketones (excluding diaryl/α,β-unsaturated/α-hetero) is 1. The molecule has 0 aromatic carbocycles. The van der Waals surface area contributed by atoms with E-state index < -0.39 is 0 Å². The van der Waals surface area contributed by atoms with Crippen LogP contribution in [0.15, 0.2) is 0 Å². The lowest BCUT2D eigenvalue weighted by Crippen LogP contribution is -2.03. The molecule has 0 saturated carbocycles. The van der Waals surface area contributed by atoms with E-state index >= 15 is 0 Å². The molecule has 0 saturated heterocycles. The highest BCUT2D eigenvalue weighted by Crippen LogP contribution is 1.94. The number of carbonyl (C=O) groups excluding carboxylic acids is 1. The van der Waals surface area contributed by atoms with E-state index in [4.69, 9.17) is 10.5 Å². The van der Waals surface area contributed by atoms with Crippen LogP contribution in [0.1, 0.15) is 32.6 Å². The number of ketones is 1. The SMILES string of the molecule is CC(=O)CCOCCCCCN. The van der Waals surface area contributed by atoms with Gasteiger partial charge in [0.2, 0.25) is 0 Å². The first-order valence-corrected chi connectivity index (χ1v) is 4.54. The molecule has 0 aliphatic carbocycles. The number of unbranched alkanes of at least 4 members (excludes halogenated alkanes) is 2. The van der Waals surface area contributed by atoms with Gasteiger partial charge in [0.1, 0.15) is 5.78 Å². The fourth-order valence-corrected chi connectivity index (χ4v) is 0.843. The van der Waals surface area contributed by atoms with Gasteiger partial charge >= 0.3 is 0 Å². The summed E-state index contributed by atoms with van der Waals surface area (Å²) in [7, 11) is 0. The smallest absolute Gasteiger partial charge is 0.132 e. The van der Waals surface area contributed by atoms with Crippen molar-refractivity contribution < 1.29 is 9.53 Å². The summed E-state index contributed by atoms with van der Waals surface area (Å²) in [6.45, 7) is 3.66. The fraction of sp³-hybridized carbons (Fsp3) is 0.889. The molecule has 3 nitrogen and oxygen atoms in total. The average molecular weight is 173 g/mol. The average Bonchev–Trinajstić information content (AvgIpc) is 2.02. The first-order valence-electron chi connectivity index (χ1n) is 4.54. The fourth-order valence-electron chi connectivity index (χ4n) is 0.843. The zero-order valence-electron chi connectivity index (χ0n) is 7.84. The molecule has 72 valence electrons. The summed E-state index contributed by atoms with van der Waals surface area (Å²) in [6.07, 6.45) is 3.78. The summed E-state index contributed by atoms with van der Waals surface area (Å²) in [5, 5.41) is 0. The van der Waals surface area contributed by atoms with Gasteiger partial charge in [0.25, 0.3) is 0 Å². The van der Waals surface area contributed by atoms with E-state index in [1.165, 1.54) is 0 Å². The van der Waals surface area contributed by atoms with E-state index in [2.05, 4.69) is 0 Å². The van der Waals surface area contributed by atoms with Crippen LogP contribution in [0, 0.1) is 0 Å². The van der Waals surface area contributed by atoms with Crippen molar-refractivity contribution in [2.75, 3.05) is 19.8 Å². The van der Waals surface area contributed by atoms with Gasteiger partial charge in [0.05, 0.1) is 6.61 Å². The van der Waals surface area contributed by atoms with Crippen molar-refractivity contribution >= 4 is 5.78 Å². The van der Waals surface area contributed by atoms with Crippen LogP contribution in [-0.4, -0.2) is 25.5 Å². The van der Waals surface area contributed by atoms with Gasteiger partial charge < -0.3 is 10.5 Å². The van der Waals surface area contributed by atoms with E-state index in [-0.39, 0.29) is 5.78 Å². The number of nitrogens with two attached hydrogens (primary N) is 1. The van der Waals surface area contributed by atoms with Crippen LogP contribution in [0.2, 0.25) is 0 Å². The highest BCUT2D eigenvalue weighted by molar-refractivity contribution is 5.75. The minimum absolute atomic E-state index is 0.192. The molecular weight excluding hydrogens is 154 g/mol. The third-order valence-corrected chi connectivity index (χ3v) is 1.59. The van der Waals surface area contributed by atoms with E-state index in [9.17, 15) is 4.79 Å². The predicted octanol–water partition coefficient (Wildman–Crippen LogP) is 1.11. The molecule has 0 aromatic rings. The second-order valence-electron chi connectivity index (χ2n) is 2.91.